The second-order valence-corrected chi connectivity index (χ2v) is 2.65. The van der Waals surface area contributed by atoms with Gasteiger partial charge in [0.25, 0.3) is 0 Å². The molecule has 70 valence electrons. The number of ether oxygens (including phenoxy) is 1. The van der Waals surface area contributed by atoms with Gasteiger partial charge in [0.1, 0.15) is 0 Å². The fraction of sp³-hybridized carbons (Fsp3) is 0.250. The number of nitro groups is 1. The number of nitrogen functional groups attached to an aromatic ring is 1. The molecule has 1 aromatic rings. The van der Waals surface area contributed by atoms with Gasteiger partial charge in [-0.25, -0.2) is 0 Å². The van der Waals surface area contributed by atoms with Crippen LogP contribution in [0.3, 0.4) is 0 Å². The van der Waals surface area contributed by atoms with Crippen LogP contribution >= 0.6 is 0 Å². The van der Waals surface area contributed by atoms with Gasteiger partial charge in [0.15, 0.2) is 5.75 Å². The molecule has 5 nitrogen and oxygen atoms in total. The standard InChI is InChI=1S/C8H10N2O3/c1-5-3-6(9)4-7(10(11)12)8(5)13-2/h3-4H,9H2,1-2H3. The van der Waals surface area contributed by atoms with Crippen molar-refractivity contribution in [1.82, 2.24) is 0 Å². The van der Waals surface area contributed by atoms with E-state index in [1.165, 1.54) is 13.2 Å². The SMILES string of the molecule is COc1c(C)cc(N)cc1[N+](=O)[O-]. The number of nitro benzene ring substituents is 1. The lowest BCUT2D eigenvalue weighted by Crippen LogP contribution is -1.98. The van der Waals surface area contributed by atoms with Crippen molar-refractivity contribution in [1.29, 1.82) is 0 Å². The number of aryl methyl sites for hydroxylation is 1. The summed E-state index contributed by atoms with van der Waals surface area (Å²) in [5.74, 6) is 0.263. The van der Waals surface area contributed by atoms with E-state index >= 15 is 0 Å². The second-order valence-electron chi connectivity index (χ2n) is 2.65. The number of nitrogens with zero attached hydrogens (tertiary/aromatic N) is 1. The molecule has 0 heterocycles. The Hall–Kier alpha value is -1.78. The van der Waals surface area contributed by atoms with E-state index in [1.807, 2.05) is 0 Å². The number of hydrogen-bond acceptors (Lipinski definition) is 4. The molecule has 0 aliphatic rings. The highest BCUT2D eigenvalue weighted by atomic mass is 16.6. The summed E-state index contributed by atoms with van der Waals surface area (Å²) in [6.07, 6.45) is 0. The molecule has 2 N–H and O–H groups in total. The maximum Gasteiger partial charge on any atom is 0.313 e. The third-order valence-corrected chi connectivity index (χ3v) is 1.68. The van der Waals surface area contributed by atoms with E-state index in [2.05, 4.69) is 0 Å². The zero-order chi connectivity index (χ0) is 10.0. The summed E-state index contributed by atoms with van der Waals surface area (Å²) in [5.41, 5.74) is 6.39. The molecule has 0 aliphatic heterocycles. The van der Waals surface area contributed by atoms with Crippen molar-refractivity contribution in [2.24, 2.45) is 0 Å². The largest absolute Gasteiger partial charge is 0.490 e. The monoisotopic (exact) mass is 182 g/mol. The lowest BCUT2D eigenvalue weighted by Gasteiger charge is -2.05. The number of nitrogens with two attached hydrogens (primary N) is 1. The van der Waals surface area contributed by atoms with Crippen LogP contribution in [0.4, 0.5) is 11.4 Å². The second kappa shape index (κ2) is 3.30. The molecule has 5 heteroatoms. The first-order chi connectivity index (χ1) is 6.06. The predicted molar refractivity (Wildman–Crippen MR) is 48.8 cm³/mol. The summed E-state index contributed by atoms with van der Waals surface area (Å²) in [6, 6.07) is 2.91. The van der Waals surface area contributed by atoms with E-state index < -0.39 is 4.92 Å². The molecule has 1 aromatic carbocycles. The topological polar surface area (TPSA) is 78.4 Å². The van der Waals surface area contributed by atoms with Crippen LogP contribution < -0.4 is 10.5 Å². The molecule has 0 unspecified atom stereocenters. The Morgan fingerprint density at radius 1 is 1.54 bits per heavy atom. The molecule has 0 aliphatic carbocycles. The Kier molecular flexibility index (Phi) is 2.36. The Bertz CT molecular complexity index is 349. The van der Waals surface area contributed by atoms with Gasteiger partial charge >= 0.3 is 5.69 Å². The molecular weight excluding hydrogens is 172 g/mol. The number of rotatable bonds is 2. The van der Waals surface area contributed by atoms with Gasteiger partial charge in [-0.1, -0.05) is 0 Å². The Labute approximate surface area is 75.3 Å². The average molecular weight is 182 g/mol. The number of hydrogen-bond donors (Lipinski definition) is 1. The van der Waals surface area contributed by atoms with Gasteiger partial charge in [0, 0.05) is 17.3 Å². The lowest BCUT2D eigenvalue weighted by molar-refractivity contribution is -0.385. The van der Waals surface area contributed by atoms with E-state index in [-0.39, 0.29) is 11.4 Å². The normalized spacial score (nSPS) is 9.69. The van der Waals surface area contributed by atoms with Crippen LogP contribution in [0.25, 0.3) is 0 Å². The molecule has 0 bridgehead atoms. The quantitative estimate of drug-likeness (QED) is 0.427. The maximum atomic E-state index is 10.6. The molecule has 0 spiro atoms. The Balaban J connectivity index is 3.38. The van der Waals surface area contributed by atoms with Crippen LogP contribution in [0.2, 0.25) is 0 Å². The van der Waals surface area contributed by atoms with Crippen molar-refractivity contribution >= 4 is 11.4 Å². The summed E-state index contributed by atoms with van der Waals surface area (Å²) in [5, 5.41) is 10.6. The van der Waals surface area contributed by atoms with Gasteiger partial charge in [-0.2, -0.15) is 0 Å². The molecule has 0 radical (unpaired) electrons. The summed E-state index contributed by atoms with van der Waals surface area (Å²) in [7, 11) is 1.39. The van der Waals surface area contributed by atoms with Gasteiger partial charge in [0.05, 0.1) is 12.0 Å². The van der Waals surface area contributed by atoms with Crippen molar-refractivity contribution in [3.05, 3.63) is 27.8 Å². The third-order valence-electron chi connectivity index (χ3n) is 1.68. The minimum atomic E-state index is -0.512. The van der Waals surface area contributed by atoms with Crippen LogP contribution in [-0.2, 0) is 0 Å². The van der Waals surface area contributed by atoms with Gasteiger partial charge in [-0.15, -0.1) is 0 Å². The molecule has 0 fully saturated rings. The van der Waals surface area contributed by atoms with Crippen LogP contribution in [-0.4, -0.2) is 12.0 Å². The average Bonchev–Trinajstić information content (AvgIpc) is 2.02. The minimum Gasteiger partial charge on any atom is -0.490 e. The number of benzene rings is 1. The van der Waals surface area contributed by atoms with Gasteiger partial charge in [0.2, 0.25) is 0 Å². The zero-order valence-corrected chi connectivity index (χ0v) is 7.40. The van der Waals surface area contributed by atoms with Crippen LogP contribution in [0.1, 0.15) is 5.56 Å². The highest BCUT2D eigenvalue weighted by Crippen LogP contribution is 2.32. The van der Waals surface area contributed by atoms with E-state index in [0.717, 1.165) is 0 Å². The highest BCUT2D eigenvalue weighted by Gasteiger charge is 2.17. The van der Waals surface area contributed by atoms with Crippen LogP contribution in [0.15, 0.2) is 12.1 Å². The molecule has 0 amide bonds. The predicted octanol–water partition coefficient (Wildman–Crippen LogP) is 1.49. The number of methoxy groups -OCH3 is 1. The van der Waals surface area contributed by atoms with Crippen LogP contribution in [0.5, 0.6) is 5.75 Å². The molecule has 13 heavy (non-hydrogen) atoms. The maximum absolute atomic E-state index is 10.6. The van der Waals surface area contributed by atoms with Crippen molar-refractivity contribution in [3.63, 3.8) is 0 Å². The molecule has 0 saturated heterocycles. The number of anilines is 1. The molecule has 0 aromatic heterocycles. The third kappa shape index (κ3) is 1.69. The first kappa shape index (κ1) is 9.31. The first-order valence-electron chi connectivity index (χ1n) is 3.64. The fourth-order valence-corrected chi connectivity index (χ4v) is 1.18. The summed E-state index contributed by atoms with van der Waals surface area (Å²) >= 11 is 0. The summed E-state index contributed by atoms with van der Waals surface area (Å²) < 4.78 is 4.90. The van der Waals surface area contributed by atoms with Crippen LogP contribution in [0, 0.1) is 17.0 Å². The van der Waals surface area contributed by atoms with E-state index in [1.54, 1.807) is 13.0 Å². The summed E-state index contributed by atoms with van der Waals surface area (Å²) in [4.78, 5) is 10.0. The fourth-order valence-electron chi connectivity index (χ4n) is 1.18. The minimum absolute atomic E-state index is 0.0972. The molecule has 0 atom stereocenters. The van der Waals surface area contributed by atoms with Gasteiger partial charge < -0.3 is 10.5 Å². The van der Waals surface area contributed by atoms with E-state index in [4.69, 9.17) is 10.5 Å². The van der Waals surface area contributed by atoms with Crippen molar-refractivity contribution < 1.29 is 9.66 Å². The molecule has 1 rings (SSSR count). The van der Waals surface area contributed by atoms with Crippen molar-refractivity contribution in [2.75, 3.05) is 12.8 Å². The molecule has 0 saturated carbocycles. The zero-order valence-electron chi connectivity index (χ0n) is 7.40. The van der Waals surface area contributed by atoms with E-state index in [0.29, 0.717) is 11.3 Å². The van der Waals surface area contributed by atoms with Gasteiger partial charge in [-0.3, -0.25) is 10.1 Å². The lowest BCUT2D eigenvalue weighted by atomic mass is 10.1. The Morgan fingerprint density at radius 2 is 2.15 bits per heavy atom. The van der Waals surface area contributed by atoms with E-state index in [9.17, 15) is 10.1 Å². The van der Waals surface area contributed by atoms with Gasteiger partial charge in [-0.05, 0) is 13.0 Å². The molecular formula is C8H10N2O3. The summed E-state index contributed by atoms with van der Waals surface area (Å²) in [6.45, 7) is 1.71. The van der Waals surface area contributed by atoms with Crippen molar-refractivity contribution in [2.45, 2.75) is 6.92 Å². The first-order valence-corrected chi connectivity index (χ1v) is 3.64. The smallest absolute Gasteiger partial charge is 0.313 e. The Morgan fingerprint density at radius 3 is 2.62 bits per heavy atom. The highest BCUT2D eigenvalue weighted by molar-refractivity contribution is 5.60. The van der Waals surface area contributed by atoms with Crippen molar-refractivity contribution in [3.8, 4) is 5.75 Å².